The molecule has 4 rings (SSSR count). The molecule has 1 heterocycles. The minimum atomic E-state index is -2.88. The maximum absolute atomic E-state index is 14.8. The second kappa shape index (κ2) is 7.68. The van der Waals surface area contributed by atoms with Crippen LogP contribution in [0.4, 0.5) is 14.5 Å². The van der Waals surface area contributed by atoms with Gasteiger partial charge in [-0.05, 0) is 65.5 Å². The van der Waals surface area contributed by atoms with Gasteiger partial charge < -0.3 is 10.2 Å². The lowest BCUT2D eigenvalue weighted by molar-refractivity contribution is -0.0257. The van der Waals surface area contributed by atoms with E-state index in [0.717, 1.165) is 29.7 Å². The van der Waals surface area contributed by atoms with Gasteiger partial charge in [0.15, 0.2) is 0 Å². The fraction of sp³-hybridized carbons (Fsp3) is 0.381. The van der Waals surface area contributed by atoms with Crippen LogP contribution in [0.3, 0.4) is 0 Å². The van der Waals surface area contributed by atoms with Gasteiger partial charge in [0.2, 0.25) is 0 Å². The second-order valence-corrected chi connectivity index (χ2v) is 8.78. The molecule has 2 aliphatic rings. The van der Waals surface area contributed by atoms with Crippen LogP contribution in [-0.2, 0) is 5.92 Å². The molecule has 1 fully saturated rings. The highest BCUT2D eigenvalue weighted by molar-refractivity contribution is 14.1. The van der Waals surface area contributed by atoms with Gasteiger partial charge in [0.1, 0.15) is 0 Å². The monoisotopic (exact) mass is 497 g/mol. The lowest BCUT2D eigenvalue weighted by Crippen LogP contribution is -2.45. The summed E-state index contributed by atoms with van der Waals surface area (Å²) in [5.41, 5.74) is 1.63. The Morgan fingerprint density at radius 1 is 1.14 bits per heavy atom. The number of hydrogen-bond acceptors (Lipinski definition) is 3. The highest BCUT2D eigenvalue weighted by Crippen LogP contribution is 2.50. The van der Waals surface area contributed by atoms with Crippen molar-refractivity contribution >= 4 is 34.2 Å². The third-order valence-corrected chi connectivity index (χ3v) is 6.25. The molecule has 0 radical (unpaired) electrons. The Morgan fingerprint density at radius 2 is 1.89 bits per heavy atom. The van der Waals surface area contributed by atoms with E-state index in [-0.39, 0.29) is 23.9 Å². The predicted octanol–water partition coefficient (Wildman–Crippen LogP) is 4.33. The molecule has 2 aromatic carbocycles. The van der Waals surface area contributed by atoms with Crippen molar-refractivity contribution in [3.8, 4) is 0 Å². The normalized spacial score (nSPS) is 22.1. The zero-order valence-electron chi connectivity index (χ0n) is 15.6. The molecule has 1 unspecified atom stereocenters. The smallest absolute Gasteiger partial charge is 0.275 e. The Hall–Kier alpha value is -1.58. The SMILES string of the molecule is CN1CCN(C2CC(F)(F)c3cc(NC(=O)c4cccc(I)c4)ccc32)CC1. The molecule has 2 aromatic rings. The zero-order chi connectivity index (χ0) is 19.9. The van der Waals surface area contributed by atoms with E-state index in [9.17, 15) is 13.6 Å². The maximum atomic E-state index is 14.8. The molecule has 7 heteroatoms. The highest BCUT2D eigenvalue weighted by atomic mass is 127. The van der Waals surface area contributed by atoms with Gasteiger partial charge in [0.05, 0.1) is 0 Å². The van der Waals surface area contributed by atoms with Crippen LogP contribution in [0.15, 0.2) is 42.5 Å². The summed E-state index contributed by atoms with van der Waals surface area (Å²) in [5.74, 6) is -3.18. The fourth-order valence-corrected chi connectivity index (χ4v) is 4.54. The molecule has 1 aliphatic heterocycles. The van der Waals surface area contributed by atoms with Gasteiger partial charge in [0, 0.05) is 59.0 Å². The number of nitrogens with one attached hydrogen (secondary N) is 1. The second-order valence-electron chi connectivity index (χ2n) is 7.53. The van der Waals surface area contributed by atoms with Gasteiger partial charge in [-0.15, -0.1) is 0 Å². The molecule has 1 atom stereocenters. The average molecular weight is 497 g/mol. The van der Waals surface area contributed by atoms with E-state index in [1.165, 1.54) is 6.07 Å². The predicted molar refractivity (Wildman–Crippen MR) is 114 cm³/mol. The number of amides is 1. The minimum absolute atomic E-state index is 0.0388. The Labute approximate surface area is 177 Å². The molecule has 1 amide bonds. The summed E-state index contributed by atoms with van der Waals surface area (Å²) in [6.07, 6.45) is -0.194. The Bertz CT molecular complexity index is 897. The summed E-state index contributed by atoms with van der Waals surface area (Å²) in [7, 11) is 2.05. The molecule has 4 nitrogen and oxygen atoms in total. The van der Waals surface area contributed by atoms with Crippen molar-refractivity contribution in [2.24, 2.45) is 0 Å². The Balaban J connectivity index is 1.56. The number of anilines is 1. The van der Waals surface area contributed by atoms with E-state index >= 15 is 0 Å². The first kappa shape index (κ1) is 19.7. The molecule has 148 valence electrons. The number of piperazine rings is 1. The van der Waals surface area contributed by atoms with E-state index in [0.29, 0.717) is 16.8 Å². The summed E-state index contributed by atoms with van der Waals surface area (Å²) in [5, 5.41) is 2.76. The summed E-state index contributed by atoms with van der Waals surface area (Å²) >= 11 is 2.14. The number of rotatable bonds is 3. The topological polar surface area (TPSA) is 35.6 Å². The largest absolute Gasteiger partial charge is 0.322 e. The summed E-state index contributed by atoms with van der Waals surface area (Å²) in [6.45, 7) is 3.37. The van der Waals surface area contributed by atoms with Crippen LogP contribution in [0.25, 0.3) is 0 Å². The Morgan fingerprint density at radius 3 is 2.61 bits per heavy atom. The number of carbonyl (C=O) groups excluding carboxylic acids is 1. The number of nitrogens with zero attached hydrogens (tertiary/aromatic N) is 2. The number of halogens is 3. The lowest BCUT2D eigenvalue weighted by atomic mass is 10.0. The average Bonchev–Trinajstić information content (AvgIpc) is 2.93. The van der Waals surface area contributed by atoms with E-state index in [1.807, 2.05) is 6.07 Å². The summed E-state index contributed by atoms with van der Waals surface area (Å²) in [6, 6.07) is 11.8. The van der Waals surface area contributed by atoms with Gasteiger partial charge in [-0.3, -0.25) is 9.69 Å². The van der Waals surface area contributed by atoms with Crippen LogP contribution in [-0.4, -0.2) is 48.9 Å². The summed E-state index contributed by atoms with van der Waals surface area (Å²) in [4.78, 5) is 16.8. The van der Waals surface area contributed by atoms with Crippen LogP contribution in [0.2, 0.25) is 0 Å². The number of fused-ring (bicyclic) bond motifs is 1. The molecular formula is C21H22F2IN3O. The van der Waals surface area contributed by atoms with Gasteiger partial charge >= 0.3 is 0 Å². The van der Waals surface area contributed by atoms with Gasteiger partial charge in [-0.25, -0.2) is 8.78 Å². The fourth-order valence-electron chi connectivity index (χ4n) is 4.00. The number of carbonyl (C=O) groups is 1. The number of alkyl halides is 2. The molecule has 28 heavy (non-hydrogen) atoms. The first-order chi connectivity index (χ1) is 13.3. The molecule has 1 N–H and O–H groups in total. The number of likely N-dealkylation sites (N-methyl/N-ethyl adjacent to an activating group) is 1. The van der Waals surface area contributed by atoms with E-state index in [4.69, 9.17) is 0 Å². The van der Waals surface area contributed by atoms with Crippen LogP contribution >= 0.6 is 22.6 Å². The maximum Gasteiger partial charge on any atom is 0.275 e. The minimum Gasteiger partial charge on any atom is -0.322 e. The standard InChI is InChI=1S/C21H22F2IN3O/c1-26-7-9-27(10-8-26)19-13-21(22,23)18-12-16(5-6-17(18)19)25-20(28)14-3-2-4-15(24)11-14/h2-6,11-12,19H,7-10,13H2,1H3,(H,25,28). The van der Waals surface area contributed by atoms with Crippen molar-refractivity contribution in [3.63, 3.8) is 0 Å². The van der Waals surface area contributed by atoms with Crippen LogP contribution in [0.1, 0.15) is 33.9 Å². The number of hydrogen-bond donors (Lipinski definition) is 1. The first-order valence-electron chi connectivity index (χ1n) is 9.35. The van der Waals surface area contributed by atoms with Crippen molar-refractivity contribution in [3.05, 3.63) is 62.7 Å². The summed E-state index contributed by atoms with van der Waals surface area (Å²) < 4.78 is 30.5. The van der Waals surface area contributed by atoms with E-state index < -0.39 is 5.92 Å². The van der Waals surface area contributed by atoms with Crippen molar-refractivity contribution in [1.29, 1.82) is 0 Å². The van der Waals surface area contributed by atoms with Gasteiger partial charge in [-0.1, -0.05) is 12.1 Å². The van der Waals surface area contributed by atoms with Crippen molar-refractivity contribution in [2.45, 2.75) is 18.4 Å². The molecule has 0 aromatic heterocycles. The third-order valence-electron chi connectivity index (χ3n) is 5.58. The van der Waals surface area contributed by atoms with Crippen LogP contribution in [0.5, 0.6) is 0 Å². The lowest BCUT2D eigenvalue weighted by Gasteiger charge is -2.36. The zero-order valence-corrected chi connectivity index (χ0v) is 17.7. The van der Waals surface area contributed by atoms with Crippen molar-refractivity contribution < 1.29 is 13.6 Å². The molecule has 0 saturated carbocycles. The van der Waals surface area contributed by atoms with Gasteiger partial charge in [-0.2, -0.15) is 0 Å². The molecule has 0 spiro atoms. The molecule has 0 bridgehead atoms. The van der Waals surface area contributed by atoms with Crippen LogP contribution < -0.4 is 5.32 Å². The van der Waals surface area contributed by atoms with Crippen molar-refractivity contribution in [2.75, 3.05) is 38.5 Å². The van der Waals surface area contributed by atoms with E-state index in [2.05, 4.69) is 44.8 Å². The van der Waals surface area contributed by atoms with E-state index in [1.54, 1.807) is 30.3 Å². The number of benzene rings is 2. The third kappa shape index (κ3) is 3.92. The van der Waals surface area contributed by atoms with Gasteiger partial charge in [0.25, 0.3) is 11.8 Å². The molecule has 1 saturated heterocycles. The highest BCUT2D eigenvalue weighted by Gasteiger charge is 2.47. The first-order valence-corrected chi connectivity index (χ1v) is 10.4. The quantitative estimate of drug-likeness (QED) is 0.642. The van der Waals surface area contributed by atoms with Crippen molar-refractivity contribution in [1.82, 2.24) is 9.80 Å². The molecular weight excluding hydrogens is 475 g/mol. The van der Waals surface area contributed by atoms with Crippen LogP contribution in [0, 0.1) is 3.57 Å². The molecule has 1 aliphatic carbocycles. The Kier molecular flexibility index (Phi) is 5.41.